The van der Waals surface area contributed by atoms with Crippen LogP contribution in [0.4, 0.5) is 17.1 Å². The summed E-state index contributed by atoms with van der Waals surface area (Å²) in [5, 5.41) is 61.1. The van der Waals surface area contributed by atoms with Gasteiger partial charge in [0.2, 0.25) is 47.6 Å². The molecular weight excluding hydrogens is 1050 g/mol. The summed E-state index contributed by atoms with van der Waals surface area (Å²) in [5.74, 6) is -6.11. The zero-order valence-corrected chi connectivity index (χ0v) is 45.1. The van der Waals surface area contributed by atoms with E-state index in [0.29, 0.717) is 51.3 Å². The number of benzene rings is 2. The monoisotopic (exact) mass is 1120 g/mol. The number of nitrogens with two attached hydrogens (primary N) is 3. The number of likely N-dealkylation sites (tertiary alicyclic amines) is 1. The highest BCUT2D eigenvalue weighted by atomic mass is 16.6. The van der Waals surface area contributed by atoms with Crippen molar-refractivity contribution >= 4 is 76.6 Å². The van der Waals surface area contributed by atoms with Crippen molar-refractivity contribution in [3.63, 3.8) is 0 Å². The molecule has 1 saturated heterocycles. The highest BCUT2D eigenvalue weighted by Crippen LogP contribution is 2.29. The summed E-state index contributed by atoms with van der Waals surface area (Å²) in [6.07, 6.45) is 4.32. The van der Waals surface area contributed by atoms with E-state index in [2.05, 4.69) is 47.9 Å². The van der Waals surface area contributed by atoms with Crippen LogP contribution in [0.5, 0.6) is 0 Å². The molecule has 439 valence electrons. The molecule has 17 N–H and O–H groups in total. The number of hydrogen-bond donors (Lipinski definition) is 14. The lowest BCUT2D eigenvalue weighted by molar-refractivity contribution is -0.393. The Labute approximate surface area is 462 Å². The number of nitrogens with one attached hydrogen (secondary N) is 11. The Kier molecular flexibility index (Phi) is 28.2. The van der Waals surface area contributed by atoms with Gasteiger partial charge in [0, 0.05) is 38.9 Å². The fourth-order valence-corrected chi connectivity index (χ4v) is 8.27. The van der Waals surface area contributed by atoms with Gasteiger partial charge in [0.05, 0.1) is 41.1 Å². The molecule has 7 atom stereocenters. The highest BCUT2D eigenvalue weighted by Gasteiger charge is 2.38. The number of ether oxygens (including phenoxy) is 1. The van der Waals surface area contributed by atoms with E-state index in [4.69, 9.17) is 32.8 Å². The first-order valence-electron chi connectivity index (χ1n) is 26.2. The summed E-state index contributed by atoms with van der Waals surface area (Å²) in [6, 6.07) is 3.44. The van der Waals surface area contributed by atoms with Crippen LogP contribution in [-0.4, -0.2) is 156 Å². The molecule has 1 radical (unpaired) electrons. The molecule has 3 rings (SSSR count). The maximum Gasteiger partial charge on any atom is 0.299 e. The molecule has 0 aromatic heterocycles. The molecule has 1 aliphatic rings. The van der Waals surface area contributed by atoms with Gasteiger partial charge in [0.25, 0.3) is 11.4 Å². The SMILES string of the molecule is CC(C)C[C@H](NC(=O)[C@@H]1CCCN1C(=O)[C@@H](N)CCCNC(=N)N)C(=O)NCC(=O)N[C@@H](CCCCOCc1ccccc1)C(=O)N[C@@H](CNc1ccc([N+](=O)[O-])cc1[N+](=O)[O-])C(=O)N[C@@H](C)C(=O)N[C@H]([C]=O)CCCNC(=N)N. The summed E-state index contributed by atoms with van der Waals surface area (Å²) < 4.78 is 5.79. The minimum absolute atomic E-state index is 0.0538. The number of anilines is 1. The fraction of sp³-hybridized carbons (Fsp3) is 0.560. The van der Waals surface area contributed by atoms with E-state index in [1.165, 1.54) is 11.8 Å². The summed E-state index contributed by atoms with van der Waals surface area (Å²) in [7, 11) is 0. The molecule has 30 heteroatoms. The summed E-state index contributed by atoms with van der Waals surface area (Å²) >= 11 is 0. The fourth-order valence-electron chi connectivity index (χ4n) is 8.27. The number of nitrogens with zero attached hydrogens (tertiary/aromatic N) is 3. The quantitative estimate of drug-likeness (QED) is 0.0126. The Morgan fingerprint density at radius 3 is 2.05 bits per heavy atom. The zero-order valence-electron chi connectivity index (χ0n) is 45.1. The average Bonchev–Trinajstić information content (AvgIpc) is 3.92. The number of unbranched alkanes of at least 4 members (excludes halogenated alkanes) is 1. The molecule has 0 bridgehead atoms. The average molecular weight is 1120 g/mol. The van der Waals surface area contributed by atoms with Crippen LogP contribution < -0.4 is 65.1 Å². The normalized spacial score (nSPS) is 15.1. The first-order valence-corrected chi connectivity index (χ1v) is 26.2. The maximum absolute atomic E-state index is 14.3. The minimum Gasteiger partial charge on any atom is -0.377 e. The number of nitro groups is 2. The van der Waals surface area contributed by atoms with E-state index < -0.39 is 118 Å². The first-order chi connectivity index (χ1) is 38.0. The lowest BCUT2D eigenvalue weighted by Gasteiger charge is -2.29. The Morgan fingerprint density at radius 1 is 0.762 bits per heavy atom. The van der Waals surface area contributed by atoms with E-state index in [1.807, 2.05) is 44.2 Å². The molecule has 1 aliphatic heterocycles. The van der Waals surface area contributed by atoms with Crippen molar-refractivity contribution in [2.75, 3.05) is 44.6 Å². The van der Waals surface area contributed by atoms with Crippen LogP contribution in [-0.2, 0) is 49.7 Å². The molecule has 1 fully saturated rings. The zero-order chi connectivity index (χ0) is 59.3. The van der Waals surface area contributed by atoms with Gasteiger partial charge >= 0.3 is 0 Å². The second-order valence-electron chi connectivity index (χ2n) is 19.4. The Hall–Kier alpha value is -8.54. The van der Waals surface area contributed by atoms with Crippen LogP contribution in [0.15, 0.2) is 48.5 Å². The van der Waals surface area contributed by atoms with Crippen molar-refractivity contribution in [3.8, 4) is 0 Å². The van der Waals surface area contributed by atoms with Crippen LogP contribution >= 0.6 is 0 Å². The third kappa shape index (κ3) is 23.6. The molecule has 1 heterocycles. The van der Waals surface area contributed by atoms with Crippen LogP contribution in [0.3, 0.4) is 0 Å². The topological polar surface area (TPSA) is 469 Å². The third-order valence-corrected chi connectivity index (χ3v) is 12.4. The molecule has 80 heavy (non-hydrogen) atoms. The predicted molar refractivity (Wildman–Crippen MR) is 293 cm³/mol. The number of amides is 7. The van der Waals surface area contributed by atoms with Gasteiger partial charge in [-0.05, 0) is 88.7 Å². The Morgan fingerprint density at radius 2 is 1.43 bits per heavy atom. The summed E-state index contributed by atoms with van der Waals surface area (Å²) in [6.45, 7) is 4.93. The Bertz CT molecular complexity index is 2470. The number of carbonyl (C=O) groups excluding carboxylic acids is 8. The number of rotatable bonds is 36. The van der Waals surface area contributed by atoms with Crippen molar-refractivity contribution in [2.24, 2.45) is 23.1 Å². The standard InChI is InChI=1S/C50H76N17O13/c1-30(2)24-38(63-47(74)40-17-11-22-65(40)48(75)35(51)15-10-21-57-50(54)55)44(71)59-27-42(69)62-37(16-7-8-23-80-29-32-12-5-4-6-13-32)45(72)64-39(26-58-36-19-18-34(66(76)77)25-41(36)67(78)79)46(73)60-31(3)43(70)61-33(28-68)14-9-20-56-49(52)53/h4-6,12-13,18-19,25,30-31,33,35,37-40,58H,7-11,14-17,20-24,26-27,29,51H2,1-3H3,(H,59,71)(H,60,73)(H,61,70)(H,62,69)(H,63,74)(H,64,72)(H4,52,53,56)(H4,54,55,57)/t31-,33-,35-,37-,38-,39-,40-/m0/s1. The molecule has 2 aromatic rings. The van der Waals surface area contributed by atoms with Crippen molar-refractivity contribution in [3.05, 3.63) is 74.3 Å². The van der Waals surface area contributed by atoms with Gasteiger partial charge in [0.1, 0.15) is 35.9 Å². The van der Waals surface area contributed by atoms with Crippen molar-refractivity contribution < 1.29 is 52.9 Å². The van der Waals surface area contributed by atoms with Crippen LogP contribution in [0.2, 0.25) is 0 Å². The van der Waals surface area contributed by atoms with Gasteiger partial charge in [-0.1, -0.05) is 44.2 Å². The summed E-state index contributed by atoms with van der Waals surface area (Å²) in [5.41, 5.74) is 16.1. The maximum atomic E-state index is 14.3. The second kappa shape index (κ2) is 34.4. The molecule has 0 spiro atoms. The second-order valence-corrected chi connectivity index (χ2v) is 19.4. The lowest BCUT2D eigenvalue weighted by Crippen LogP contribution is -2.59. The number of non-ortho nitro benzene ring substituents is 1. The van der Waals surface area contributed by atoms with Crippen molar-refractivity contribution in [2.45, 2.75) is 134 Å². The van der Waals surface area contributed by atoms with Gasteiger partial charge in [-0.15, -0.1) is 0 Å². The van der Waals surface area contributed by atoms with Crippen molar-refractivity contribution in [1.82, 2.24) is 47.4 Å². The van der Waals surface area contributed by atoms with E-state index in [9.17, 15) is 58.6 Å². The molecule has 2 aromatic carbocycles. The minimum atomic E-state index is -1.68. The number of nitro benzene ring substituents is 2. The number of hydrogen-bond acceptors (Lipinski definition) is 17. The van der Waals surface area contributed by atoms with Crippen molar-refractivity contribution in [1.29, 1.82) is 10.8 Å². The van der Waals surface area contributed by atoms with E-state index in [0.717, 1.165) is 17.7 Å². The first kappa shape index (κ1) is 65.7. The van der Waals surface area contributed by atoms with Gasteiger partial charge in [-0.25, -0.2) is 0 Å². The summed E-state index contributed by atoms with van der Waals surface area (Å²) in [4.78, 5) is 131. The molecule has 0 unspecified atom stereocenters. The van der Waals surface area contributed by atoms with Crippen LogP contribution in [0.1, 0.15) is 90.5 Å². The van der Waals surface area contributed by atoms with E-state index in [1.54, 1.807) is 6.29 Å². The van der Waals surface area contributed by atoms with Crippen LogP contribution in [0.25, 0.3) is 0 Å². The number of carbonyl (C=O) groups is 7. The van der Waals surface area contributed by atoms with Gasteiger partial charge < -0.3 is 74.7 Å². The molecule has 0 saturated carbocycles. The largest absolute Gasteiger partial charge is 0.377 e. The smallest absolute Gasteiger partial charge is 0.299 e. The molecular formula is C50H76N17O13. The van der Waals surface area contributed by atoms with Gasteiger partial charge in [-0.2, -0.15) is 0 Å². The Balaban J connectivity index is 1.83. The molecule has 0 aliphatic carbocycles. The predicted octanol–water partition coefficient (Wildman–Crippen LogP) is -1.14. The highest BCUT2D eigenvalue weighted by molar-refractivity contribution is 5.97. The van der Waals surface area contributed by atoms with E-state index >= 15 is 0 Å². The number of guanidine groups is 2. The third-order valence-electron chi connectivity index (χ3n) is 12.4. The van der Waals surface area contributed by atoms with Gasteiger partial charge in [0.15, 0.2) is 11.9 Å². The van der Waals surface area contributed by atoms with E-state index in [-0.39, 0.29) is 75.3 Å². The molecule has 7 amide bonds. The van der Waals surface area contributed by atoms with Gasteiger partial charge in [-0.3, -0.25) is 69.4 Å². The molecule has 30 nitrogen and oxygen atoms in total. The lowest BCUT2D eigenvalue weighted by atomic mass is 10.0. The van der Waals surface area contributed by atoms with Crippen LogP contribution in [0, 0.1) is 37.0 Å².